The number of ether oxygens (including phenoxy) is 1. The second kappa shape index (κ2) is 9.72. The third-order valence-electron chi connectivity index (χ3n) is 3.12. The summed E-state index contributed by atoms with van der Waals surface area (Å²) in [5.41, 5.74) is 1.22. The van der Waals surface area contributed by atoms with E-state index in [0.29, 0.717) is 6.04 Å². The van der Waals surface area contributed by atoms with Crippen molar-refractivity contribution in [2.45, 2.75) is 39.2 Å². The molecule has 0 radical (unpaired) electrons. The van der Waals surface area contributed by atoms with E-state index in [9.17, 15) is 0 Å². The van der Waals surface area contributed by atoms with Crippen molar-refractivity contribution >= 4 is 0 Å². The van der Waals surface area contributed by atoms with Crippen LogP contribution in [-0.2, 0) is 0 Å². The quantitative estimate of drug-likeness (QED) is 0.714. The number of hydrogen-bond donors (Lipinski definition) is 1. The van der Waals surface area contributed by atoms with E-state index in [2.05, 4.69) is 49.2 Å². The molecular formula is C16H29N3O. The van der Waals surface area contributed by atoms with E-state index in [4.69, 9.17) is 4.74 Å². The summed E-state index contributed by atoms with van der Waals surface area (Å²) in [6.45, 7) is 7.13. The highest BCUT2D eigenvalue weighted by atomic mass is 16.5. The monoisotopic (exact) mass is 279 g/mol. The van der Waals surface area contributed by atoms with Crippen LogP contribution in [0.3, 0.4) is 0 Å². The van der Waals surface area contributed by atoms with Gasteiger partial charge < -0.3 is 15.0 Å². The summed E-state index contributed by atoms with van der Waals surface area (Å²) in [7, 11) is 4.21. The SMILES string of the molecule is CCCNC(CCN(C)C)c1cncc(OCCC)c1. The van der Waals surface area contributed by atoms with Crippen molar-refractivity contribution in [1.82, 2.24) is 15.2 Å². The molecule has 0 amide bonds. The largest absolute Gasteiger partial charge is 0.492 e. The Morgan fingerprint density at radius 1 is 1.25 bits per heavy atom. The molecule has 114 valence electrons. The maximum atomic E-state index is 5.68. The summed E-state index contributed by atoms with van der Waals surface area (Å²) in [6, 6.07) is 2.46. The fourth-order valence-corrected chi connectivity index (χ4v) is 2.02. The van der Waals surface area contributed by atoms with Crippen LogP contribution >= 0.6 is 0 Å². The van der Waals surface area contributed by atoms with Gasteiger partial charge in [0.25, 0.3) is 0 Å². The molecule has 1 N–H and O–H groups in total. The van der Waals surface area contributed by atoms with Gasteiger partial charge in [-0.2, -0.15) is 0 Å². The zero-order valence-electron chi connectivity index (χ0n) is 13.4. The van der Waals surface area contributed by atoms with Crippen LogP contribution in [0.4, 0.5) is 0 Å². The van der Waals surface area contributed by atoms with E-state index >= 15 is 0 Å². The number of rotatable bonds is 10. The van der Waals surface area contributed by atoms with Gasteiger partial charge in [-0.1, -0.05) is 13.8 Å². The van der Waals surface area contributed by atoms with E-state index in [0.717, 1.165) is 44.7 Å². The zero-order chi connectivity index (χ0) is 14.8. The Bertz CT molecular complexity index is 368. The normalized spacial score (nSPS) is 12.7. The molecule has 0 aliphatic heterocycles. The van der Waals surface area contributed by atoms with Crippen LogP contribution in [-0.4, -0.2) is 43.7 Å². The van der Waals surface area contributed by atoms with E-state index in [-0.39, 0.29) is 0 Å². The Labute approximate surface area is 123 Å². The molecule has 1 aromatic heterocycles. The minimum Gasteiger partial charge on any atom is -0.492 e. The van der Waals surface area contributed by atoms with Crippen molar-refractivity contribution in [1.29, 1.82) is 0 Å². The molecule has 0 saturated carbocycles. The summed E-state index contributed by atoms with van der Waals surface area (Å²) >= 11 is 0. The highest BCUT2D eigenvalue weighted by Crippen LogP contribution is 2.21. The van der Waals surface area contributed by atoms with Gasteiger partial charge in [-0.3, -0.25) is 4.98 Å². The van der Waals surface area contributed by atoms with Gasteiger partial charge in [-0.15, -0.1) is 0 Å². The van der Waals surface area contributed by atoms with E-state index < -0.39 is 0 Å². The van der Waals surface area contributed by atoms with Crippen molar-refractivity contribution in [2.75, 3.05) is 33.8 Å². The number of nitrogens with one attached hydrogen (secondary N) is 1. The van der Waals surface area contributed by atoms with Gasteiger partial charge in [0.2, 0.25) is 0 Å². The van der Waals surface area contributed by atoms with E-state index in [1.165, 1.54) is 5.56 Å². The van der Waals surface area contributed by atoms with Gasteiger partial charge in [-0.25, -0.2) is 0 Å². The lowest BCUT2D eigenvalue weighted by Crippen LogP contribution is -2.26. The summed E-state index contributed by atoms with van der Waals surface area (Å²) < 4.78 is 5.68. The molecule has 4 nitrogen and oxygen atoms in total. The van der Waals surface area contributed by atoms with Crippen molar-refractivity contribution in [3.63, 3.8) is 0 Å². The lowest BCUT2D eigenvalue weighted by Gasteiger charge is -2.21. The second-order valence-corrected chi connectivity index (χ2v) is 5.40. The first-order chi connectivity index (χ1) is 9.67. The summed E-state index contributed by atoms with van der Waals surface area (Å²) in [5.74, 6) is 0.873. The standard InChI is InChI=1S/C16H29N3O/c1-5-8-18-16(7-9-19(3)4)14-11-15(13-17-12-14)20-10-6-2/h11-13,16,18H,5-10H2,1-4H3. The first kappa shape index (κ1) is 16.9. The molecule has 0 aliphatic rings. The molecule has 20 heavy (non-hydrogen) atoms. The molecular weight excluding hydrogens is 250 g/mol. The Kier molecular flexibility index (Phi) is 8.23. The second-order valence-electron chi connectivity index (χ2n) is 5.40. The van der Waals surface area contributed by atoms with Crippen LogP contribution in [0.2, 0.25) is 0 Å². The van der Waals surface area contributed by atoms with E-state index in [1.54, 1.807) is 6.20 Å². The smallest absolute Gasteiger partial charge is 0.137 e. The van der Waals surface area contributed by atoms with Crippen LogP contribution < -0.4 is 10.1 Å². The lowest BCUT2D eigenvalue weighted by atomic mass is 10.1. The maximum Gasteiger partial charge on any atom is 0.137 e. The summed E-state index contributed by atoms with van der Waals surface area (Å²) in [4.78, 5) is 6.53. The molecule has 0 fully saturated rings. The Balaban J connectivity index is 2.71. The minimum absolute atomic E-state index is 0.343. The predicted molar refractivity (Wildman–Crippen MR) is 84.2 cm³/mol. The number of nitrogens with zero attached hydrogens (tertiary/aromatic N) is 2. The molecule has 0 spiro atoms. The molecule has 0 aromatic carbocycles. The Hall–Kier alpha value is -1.13. The topological polar surface area (TPSA) is 37.4 Å². The van der Waals surface area contributed by atoms with Crippen LogP contribution in [0.25, 0.3) is 0 Å². The summed E-state index contributed by atoms with van der Waals surface area (Å²) in [5, 5.41) is 3.60. The Morgan fingerprint density at radius 3 is 2.70 bits per heavy atom. The van der Waals surface area contributed by atoms with Gasteiger partial charge in [0.15, 0.2) is 0 Å². The fraction of sp³-hybridized carbons (Fsp3) is 0.688. The number of hydrogen-bond acceptors (Lipinski definition) is 4. The summed E-state index contributed by atoms with van der Waals surface area (Å²) in [6.07, 6.45) is 6.97. The van der Waals surface area contributed by atoms with Gasteiger partial charge in [-0.05, 0) is 58.1 Å². The zero-order valence-corrected chi connectivity index (χ0v) is 13.4. The van der Waals surface area contributed by atoms with Crippen molar-refractivity contribution in [3.8, 4) is 5.75 Å². The molecule has 1 aromatic rings. The third-order valence-corrected chi connectivity index (χ3v) is 3.12. The molecule has 0 bridgehead atoms. The lowest BCUT2D eigenvalue weighted by molar-refractivity contribution is 0.314. The molecule has 1 atom stereocenters. The molecule has 1 unspecified atom stereocenters. The Morgan fingerprint density at radius 2 is 2.05 bits per heavy atom. The molecule has 4 heteroatoms. The van der Waals surface area contributed by atoms with Crippen molar-refractivity contribution < 1.29 is 4.74 Å². The van der Waals surface area contributed by atoms with E-state index in [1.807, 2.05) is 6.20 Å². The van der Waals surface area contributed by atoms with Crippen molar-refractivity contribution in [3.05, 3.63) is 24.0 Å². The first-order valence-electron chi connectivity index (χ1n) is 7.63. The molecule has 1 rings (SSSR count). The third kappa shape index (κ3) is 6.35. The van der Waals surface area contributed by atoms with Crippen molar-refractivity contribution in [2.24, 2.45) is 0 Å². The minimum atomic E-state index is 0.343. The van der Waals surface area contributed by atoms with Gasteiger partial charge in [0, 0.05) is 12.2 Å². The fourth-order valence-electron chi connectivity index (χ4n) is 2.02. The average Bonchev–Trinajstić information content (AvgIpc) is 2.45. The van der Waals surface area contributed by atoms with Gasteiger partial charge >= 0.3 is 0 Å². The first-order valence-corrected chi connectivity index (χ1v) is 7.63. The highest BCUT2D eigenvalue weighted by Gasteiger charge is 2.12. The molecule has 1 heterocycles. The van der Waals surface area contributed by atoms with Crippen LogP contribution in [0.15, 0.2) is 18.5 Å². The maximum absolute atomic E-state index is 5.68. The average molecular weight is 279 g/mol. The number of aromatic nitrogens is 1. The van der Waals surface area contributed by atoms with Gasteiger partial charge in [0.1, 0.15) is 5.75 Å². The highest BCUT2D eigenvalue weighted by molar-refractivity contribution is 5.26. The molecule has 0 saturated heterocycles. The van der Waals surface area contributed by atoms with Crippen LogP contribution in [0.1, 0.15) is 44.7 Å². The number of pyridine rings is 1. The van der Waals surface area contributed by atoms with Gasteiger partial charge in [0.05, 0.1) is 12.8 Å². The predicted octanol–water partition coefficient (Wildman–Crippen LogP) is 2.86. The van der Waals surface area contributed by atoms with Crippen LogP contribution in [0.5, 0.6) is 5.75 Å². The molecule has 0 aliphatic carbocycles. The van der Waals surface area contributed by atoms with Crippen LogP contribution in [0, 0.1) is 0 Å².